The predicted molar refractivity (Wildman–Crippen MR) is 102 cm³/mol. The Morgan fingerprint density at radius 3 is 2.46 bits per heavy atom. The van der Waals surface area contributed by atoms with Gasteiger partial charge in [0.2, 0.25) is 7.37 Å². The Kier molecular flexibility index (Phi) is 8.74. The highest BCUT2D eigenvalue weighted by molar-refractivity contribution is 7.72. The Balaban J connectivity index is 2.61. The van der Waals surface area contributed by atoms with Crippen molar-refractivity contribution in [2.24, 2.45) is 0 Å². The van der Waals surface area contributed by atoms with Crippen LogP contribution in [0.25, 0.3) is 6.08 Å². The van der Waals surface area contributed by atoms with Gasteiger partial charge >= 0.3 is 7.60 Å². The third kappa shape index (κ3) is 9.67. The van der Waals surface area contributed by atoms with Crippen molar-refractivity contribution in [2.45, 2.75) is 47.1 Å². The molecule has 0 aliphatic heterocycles. The van der Waals surface area contributed by atoms with Crippen LogP contribution in [0.5, 0.6) is 0 Å². The minimum Gasteiger partial charge on any atom is -0.459 e. The van der Waals surface area contributed by atoms with E-state index in [0.29, 0.717) is 11.5 Å². The third-order valence-electron chi connectivity index (χ3n) is 3.45. The van der Waals surface area contributed by atoms with E-state index in [2.05, 4.69) is 19.9 Å². The lowest BCUT2D eigenvalue weighted by Gasteiger charge is -2.12. The molecule has 0 aliphatic carbocycles. The van der Waals surface area contributed by atoms with Gasteiger partial charge in [0.15, 0.2) is 0 Å². The normalized spacial score (nSPS) is 15.0. The molecule has 0 aromatic carbocycles. The van der Waals surface area contributed by atoms with E-state index in [1.54, 1.807) is 0 Å². The van der Waals surface area contributed by atoms with Crippen LogP contribution in [-0.2, 0) is 20.5 Å². The first-order chi connectivity index (χ1) is 11.9. The smallest absolute Gasteiger partial charge is 0.335 e. The van der Waals surface area contributed by atoms with Crippen molar-refractivity contribution in [1.82, 2.24) is 0 Å². The van der Waals surface area contributed by atoms with E-state index in [0.717, 1.165) is 18.4 Å². The van der Waals surface area contributed by atoms with Gasteiger partial charge in [0.1, 0.15) is 30.4 Å². The molecule has 26 heavy (non-hydrogen) atoms. The summed E-state index contributed by atoms with van der Waals surface area (Å²) in [6, 6.07) is 1.86. The molecule has 1 aromatic rings. The van der Waals surface area contributed by atoms with Gasteiger partial charge in [-0.15, -0.1) is 0 Å². The molecule has 0 saturated carbocycles. The zero-order valence-corrected chi connectivity index (χ0v) is 17.4. The number of allylic oxidation sites excluding steroid dienone is 3. The molecule has 0 saturated heterocycles. The zero-order chi connectivity index (χ0) is 20.0. The van der Waals surface area contributed by atoms with E-state index in [9.17, 15) is 14.0 Å². The van der Waals surface area contributed by atoms with Crippen LogP contribution >= 0.6 is 15.0 Å². The lowest BCUT2D eigenvalue weighted by molar-refractivity contribution is 0.137. The topological polar surface area (TPSA) is 117 Å². The average molecular weight is 406 g/mol. The van der Waals surface area contributed by atoms with Crippen molar-refractivity contribution < 1.29 is 33.0 Å². The summed E-state index contributed by atoms with van der Waals surface area (Å²) in [6.45, 7) is 7.95. The van der Waals surface area contributed by atoms with Gasteiger partial charge in [0.05, 0.1) is 0 Å². The molecule has 1 atom stereocenters. The van der Waals surface area contributed by atoms with Crippen molar-refractivity contribution in [2.75, 3.05) is 12.3 Å². The maximum Gasteiger partial charge on any atom is 0.335 e. The summed E-state index contributed by atoms with van der Waals surface area (Å²) < 4.78 is 33.4. The van der Waals surface area contributed by atoms with Gasteiger partial charge in [-0.1, -0.05) is 17.2 Å². The summed E-state index contributed by atoms with van der Waals surface area (Å²) in [6.07, 6.45) is 5.37. The lowest BCUT2D eigenvalue weighted by atomic mass is 10.1. The Morgan fingerprint density at radius 2 is 1.88 bits per heavy atom. The van der Waals surface area contributed by atoms with E-state index in [4.69, 9.17) is 18.9 Å². The first-order valence-electron chi connectivity index (χ1n) is 8.21. The van der Waals surface area contributed by atoms with Gasteiger partial charge in [-0.3, -0.25) is 9.13 Å². The van der Waals surface area contributed by atoms with Crippen molar-refractivity contribution in [3.05, 3.63) is 40.4 Å². The number of rotatable bonds is 10. The molecule has 0 spiro atoms. The minimum absolute atomic E-state index is 0.0395. The van der Waals surface area contributed by atoms with Gasteiger partial charge in [0, 0.05) is 0 Å². The summed E-state index contributed by atoms with van der Waals surface area (Å²) in [4.78, 5) is 27.1. The number of hydrogen-bond acceptors (Lipinski definition) is 4. The van der Waals surface area contributed by atoms with Gasteiger partial charge in [-0.25, -0.2) is 0 Å². The molecule has 9 heteroatoms. The fourth-order valence-electron chi connectivity index (χ4n) is 2.27. The second-order valence-electron chi connectivity index (χ2n) is 6.70. The Morgan fingerprint density at radius 1 is 1.23 bits per heavy atom. The minimum atomic E-state index is -4.56. The maximum atomic E-state index is 11.7. The summed E-state index contributed by atoms with van der Waals surface area (Å²) in [5, 5.41) is 0. The highest BCUT2D eigenvalue weighted by atomic mass is 31.2. The van der Waals surface area contributed by atoms with Crippen molar-refractivity contribution in [1.29, 1.82) is 0 Å². The van der Waals surface area contributed by atoms with Gasteiger partial charge in [0.25, 0.3) is 0 Å². The average Bonchev–Trinajstić information content (AvgIpc) is 2.75. The number of ether oxygens (including phenoxy) is 1. The third-order valence-corrected chi connectivity index (χ3v) is 7.28. The molecule has 1 heterocycles. The Labute approximate surface area is 154 Å². The molecule has 1 rings (SSSR count). The molecule has 7 nitrogen and oxygen atoms in total. The van der Waals surface area contributed by atoms with Gasteiger partial charge in [-0.2, -0.15) is 0 Å². The second kappa shape index (κ2) is 9.84. The van der Waals surface area contributed by atoms with E-state index in [1.165, 1.54) is 11.1 Å². The molecular formula is C17H28O7P2. The maximum absolute atomic E-state index is 11.7. The van der Waals surface area contributed by atoms with E-state index in [-0.39, 0.29) is 6.61 Å². The monoisotopic (exact) mass is 406 g/mol. The SMILES string of the molecule is CC(C)=CCC/C(C)=C/c1cc(C)c(COCP(=O)(O)CP(=O)(O)O)o1. The zero-order valence-electron chi connectivity index (χ0n) is 15.6. The molecule has 0 amide bonds. The van der Waals surface area contributed by atoms with Gasteiger partial charge < -0.3 is 23.8 Å². The molecule has 148 valence electrons. The summed E-state index contributed by atoms with van der Waals surface area (Å²) >= 11 is 0. The van der Waals surface area contributed by atoms with Crippen molar-refractivity contribution in [3.63, 3.8) is 0 Å². The first-order valence-corrected chi connectivity index (χ1v) is 12.0. The van der Waals surface area contributed by atoms with Crippen LogP contribution in [-0.4, -0.2) is 26.9 Å². The van der Waals surface area contributed by atoms with Crippen molar-refractivity contribution in [3.8, 4) is 0 Å². The van der Waals surface area contributed by atoms with Crippen LogP contribution in [0.1, 0.15) is 50.7 Å². The quantitative estimate of drug-likeness (QED) is 0.383. The summed E-state index contributed by atoms with van der Waals surface area (Å²) in [7, 11) is -8.61. The molecular weight excluding hydrogens is 378 g/mol. The predicted octanol–water partition coefficient (Wildman–Crippen LogP) is 4.62. The lowest BCUT2D eigenvalue weighted by Crippen LogP contribution is -2.00. The fraction of sp³-hybridized carbons (Fsp3) is 0.529. The molecule has 0 aliphatic rings. The highest BCUT2D eigenvalue weighted by Gasteiger charge is 2.29. The van der Waals surface area contributed by atoms with Crippen molar-refractivity contribution >= 4 is 21.0 Å². The molecule has 0 fully saturated rings. The Bertz CT molecular complexity index is 751. The number of aryl methyl sites for hydroxylation is 1. The van der Waals surface area contributed by atoms with Gasteiger partial charge in [-0.05, 0) is 58.2 Å². The summed E-state index contributed by atoms with van der Waals surface area (Å²) in [5.41, 5.74) is 3.30. The second-order valence-corrected chi connectivity index (χ2v) is 11.1. The molecule has 1 aromatic heterocycles. The standard InChI is InChI=1S/C17H28O7P2/c1-13(2)6-5-7-14(3)8-16-9-15(4)17(24-16)10-23-11-25(18,19)12-26(20,21)22/h6,8-9H,5,7,10-12H2,1-4H3,(H,18,19)(H2,20,21,22)/b14-8+. The van der Waals surface area contributed by atoms with E-state index < -0.39 is 27.2 Å². The summed E-state index contributed by atoms with van der Waals surface area (Å²) in [5.74, 6) is 0.110. The fourth-order valence-corrected chi connectivity index (χ4v) is 5.28. The van der Waals surface area contributed by atoms with E-state index >= 15 is 0 Å². The number of hydrogen-bond donors (Lipinski definition) is 3. The Hall–Kier alpha value is -0.940. The first kappa shape index (κ1) is 23.1. The molecule has 1 unspecified atom stereocenters. The molecule has 0 bridgehead atoms. The molecule has 3 N–H and O–H groups in total. The van der Waals surface area contributed by atoms with E-state index in [1.807, 2.05) is 26.0 Å². The largest absolute Gasteiger partial charge is 0.459 e. The molecule has 0 radical (unpaired) electrons. The van der Waals surface area contributed by atoms with Crippen LogP contribution in [0.2, 0.25) is 0 Å². The van der Waals surface area contributed by atoms with Crippen LogP contribution in [0, 0.1) is 6.92 Å². The van der Waals surface area contributed by atoms with Crippen LogP contribution < -0.4 is 0 Å². The van der Waals surface area contributed by atoms with Crippen LogP contribution in [0.3, 0.4) is 0 Å². The number of furan rings is 1. The highest BCUT2D eigenvalue weighted by Crippen LogP contribution is 2.54. The van der Waals surface area contributed by atoms with Crippen LogP contribution in [0.15, 0.2) is 27.7 Å². The van der Waals surface area contributed by atoms with Crippen LogP contribution in [0.4, 0.5) is 0 Å².